The van der Waals surface area contributed by atoms with E-state index in [0.29, 0.717) is 17.2 Å². The molecule has 0 bridgehead atoms. The Labute approximate surface area is 208 Å². The second kappa shape index (κ2) is 9.72. The van der Waals surface area contributed by atoms with Crippen LogP contribution >= 0.6 is 0 Å². The van der Waals surface area contributed by atoms with Gasteiger partial charge in [-0.1, -0.05) is 30.3 Å². The maximum absolute atomic E-state index is 14.6. The van der Waals surface area contributed by atoms with Gasteiger partial charge in [0.05, 0.1) is 22.5 Å². The monoisotopic (exact) mass is 479 g/mol. The zero-order valence-corrected chi connectivity index (χ0v) is 19.9. The van der Waals surface area contributed by atoms with Crippen molar-refractivity contribution >= 4 is 28.8 Å². The van der Waals surface area contributed by atoms with Gasteiger partial charge in [-0.25, -0.2) is 14.4 Å². The smallest absolute Gasteiger partial charge is 0.226 e. The molecule has 0 spiro atoms. The minimum atomic E-state index is -0.584. The first-order valence-corrected chi connectivity index (χ1v) is 11.9. The minimum absolute atomic E-state index is 0.00911. The lowest BCUT2D eigenvalue weighted by Crippen LogP contribution is -2.40. The second-order valence-corrected chi connectivity index (χ2v) is 8.90. The summed E-state index contributed by atoms with van der Waals surface area (Å²) in [6.07, 6.45) is 3.04. The van der Waals surface area contributed by atoms with Gasteiger partial charge in [-0.2, -0.15) is 5.26 Å². The lowest BCUT2D eigenvalue weighted by atomic mass is 9.97. The molecule has 7 nitrogen and oxygen atoms in total. The molecule has 0 aliphatic carbocycles. The van der Waals surface area contributed by atoms with Crippen molar-refractivity contribution < 1.29 is 4.39 Å². The molecule has 1 aromatic heterocycles. The average Bonchev–Trinajstić information content (AvgIpc) is 2.92. The van der Waals surface area contributed by atoms with E-state index in [-0.39, 0.29) is 11.6 Å². The predicted octanol–water partition coefficient (Wildman–Crippen LogP) is 4.94. The van der Waals surface area contributed by atoms with E-state index in [4.69, 9.17) is 21.1 Å². The standard InChI is InChI=1S/C28H26FN7/c1-33-26-20(16-31)3-2-4-22(26)17-7-8-25-23(13-17)27(18-5-6-19(15-30)24(29)14-18)35-28(34-25)36-11-9-21(32)10-12-36/h2-8,13-14,16,21,31,33H,9-12,32H2,1H3. The highest BCUT2D eigenvalue weighted by Crippen LogP contribution is 2.36. The lowest BCUT2D eigenvalue weighted by molar-refractivity contribution is 0.496. The number of nitrogens with zero attached hydrogens (tertiary/aromatic N) is 4. The van der Waals surface area contributed by atoms with E-state index < -0.39 is 5.82 Å². The molecule has 0 saturated carbocycles. The number of nitriles is 1. The molecule has 0 atom stereocenters. The van der Waals surface area contributed by atoms with Crippen LogP contribution in [0.4, 0.5) is 16.0 Å². The first kappa shape index (κ1) is 23.4. The van der Waals surface area contributed by atoms with Gasteiger partial charge in [0.2, 0.25) is 5.95 Å². The van der Waals surface area contributed by atoms with E-state index in [1.807, 2.05) is 49.5 Å². The Balaban J connectivity index is 1.72. The topological polar surface area (TPSA) is 115 Å². The fourth-order valence-corrected chi connectivity index (χ4v) is 4.71. The predicted molar refractivity (Wildman–Crippen MR) is 142 cm³/mol. The summed E-state index contributed by atoms with van der Waals surface area (Å²) < 4.78 is 14.6. The summed E-state index contributed by atoms with van der Waals surface area (Å²) in [4.78, 5) is 11.9. The molecule has 8 heteroatoms. The van der Waals surface area contributed by atoms with Gasteiger partial charge in [0, 0.05) is 54.5 Å². The summed E-state index contributed by atoms with van der Waals surface area (Å²) in [5, 5.41) is 20.9. The first-order chi connectivity index (χ1) is 17.5. The molecule has 5 rings (SSSR count). The zero-order valence-electron chi connectivity index (χ0n) is 19.9. The summed E-state index contributed by atoms with van der Waals surface area (Å²) in [5.41, 5.74) is 11.5. The number of benzene rings is 3. The van der Waals surface area contributed by atoms with Crippen molar-refractivity contribution in [2.24, 2.45) is 5.73 Å². The Hall–Kier alpha value is -4.35. The van der Waals surface area contributed by atoms with Crippen molar-refractivity contribution in [2.45, 2.75) is 18.9 Å². The fraction of sp³-hybridized carbons (Fsp3) is 0.214. The van der Waals surface area contributed by atoms with Crippen molar-refractivity contribution in [3.8, 4) is 28.5 Å². The third-order valence-electron chi connectivity index (χ3n) is 6.68. The van der Waals surface area contributed by atoms with Crippen LogP contribution < -0.4 is 16.0 Å². The molecule has 0 amide bonds. The number of aromatic nitrogens is 2. The molecule has 2 heterocycles. The highest BCUT2D eigenvalue weighted by molar-refractivity contribution is 5.99. The highest BCUT2D eigenvalue weighted by Gasteiger charge is 2.21. The number of hydrogen-bond acceptors (Lipinski definition) is 7. The van der Waals surface area contributed by atoms with Crippen molar-refractivity contribution in [1.29, 1.82) is 10.7 Å². The molecule has 1 saturated heterocycles. The zero-order chi connectivity index (χ0) is 25.2. The molecular weight excluding hydrogens is 453 g/mol. The maximum atomic E-state index is 14.6. The van der Waals surface area contributed by atoms with Crippen LogP contribution in [0.15, 0.2) is 54.6 Å². The number of para-hydroxylation sites is 1. The minimum Gasteiger partial charge on any atom is -0.387 e. The van der Waals surface area contributed by atoms with Crippen LogP contribution in [0.25, 0.3) is 33.3 Å². The second-order valence-electron chi connectivity index (χ2n) is 8.90. The van der Waals surface area contributed by atoms with Crippen LogP contribution in [-0.4, -0.2) is 42.4 Å². The van der Waals surface area contributed by atoms with Gasteiger partial charge in [-0.05, 0) is 42.7 Å². The molecule has 1 aliphatic heterocycles. The van der Waals surface area contributed by atoms with Crippen molar-refractivity contribution in [3.05, 3.63) is 71.5 Å². The summed E-state index contributed by atoms with van der Waals surface area (Å²) in [6.45, 7) is 1.52. The van der Waals surface area contributed by atoms with Gasteiger partial charge in [0.15, 0.2) is 0 Å². The molecule has 0 radical (unpaired) electrons. The average molecular weight is 480 g/mol. The highest BCUT2D eigenvalue weighted by atomic mass is 19.1. The molecule has 4 N–H and O–H groups in total. The van der Waals surface area contributed by atoms with Crippen molar-refractivity contribution in [3.63, 3.8) is 0 Å². The van der Waals surface area contributed by atoms with Gasteiger partial charge in [0.25, 0.3) is 0 Å². The normalized spacial score (nSPS) is 14.0. The Morgan fingerprint density at radius 1 is 1.11 bits per heavy atom. The summed E-state index contributed by atoms with van der Waals surface area (Å²) in [7, 11) is 1.83. The first-order valence-electron chi connectivity index (χ1n) is 11.9. The van der Waals surface area contributed by atoms with E-state index >= 15 is 0 Å². The molecule has 36 heavy (non-hydrogen) atoms. The number of halogens is 1. The Morgan fingerprint density at radius 3 is 2.58 bits per heavy atom. The van der Waals surface area contributed by atoms with Crippen molar-refractivity contribution in [2.75, 3.05) is 30.4 Å². The lowest BCUT2D eigenvalue weighted by Gasteiger charge is -2.30. The maximum Gasteiger partial charge on any atom is 0.226 e. The van der Waals surface area contributed by atoms with Crippen LogP contribution in [0.3, 0.4) is 0 Å². The summed E-state index contributed by atoms with van der Waals surface area (Å²) >= 11 is 0. The van der Waals surface area contributed by atoms with Crippen LogP contribution in [0.1, 0.15) is 24.0 Å². The summed E-state index contributed by atoms with van der Waals surface area (Å²) in [5.74, 6) is 0.00296. The van der Waals surface area contributed by atoms with Crippen molar-refractivity contribution in [1.82, 2.24) is 9.97 Å². The molecule has 0 unspecified atom stereocenters. The largest absolute Gasteiger partial charge is 0.387 e. The number of anilines is 2. The molecule has 3 aromatic carbocycles. The fourth-order valence-electron chi connectivity index (χ4n) is 4.71. The third-order valence-corrected chi connectivity index (χ3v) is 6.68. The number of rotatable bonds is 5. The van der Waals surface area contributed by atoms with Gasteiger partial charge in [-0.15, -0.1) is 0 Å². The van der Waals surface area contributed by atoms with E-state index in [2.05, 4.69) is 10.2 Å². The molecule has 180 valence electrons. The quantitative estimate of drug-likeness (QED) is 0.349. The van der Waals surface area contributed by atoms with Crippen LogP contribution in [0.2, 0.25) is 0 Å². The van der Waals surface area contributed by atoms with Gasteiger partial charge in [-0.3, -0.25) is 0 Å². The van der Waals surface area contributed by atoms with Crippen LogP contribution in [0.5, 0.6) is 0 Å². The van der Waals surface area contributed by atoms with Gasteiger partial charge in [0.1, 0.15) is 11.9 Å². The molecular formula is C28H26FN7. The van der Waals surface area contributed by atoms with Crippen LogP contribution in [0, 0.1) is 22.6 Å². The van der Waals surface area contributed by atoms with E-state index in [0.717, 1.165) is 59.2 Å². The van der Waals surface area contributed by atoms with Gasteiger partial charge >= 0.3 is 0 Å². The Bertz CT molecular complexity index is 1500. The van der Waals surface area contributed by atoms with E-state index in [9.17, 15) is 9.65 Å². The van der Waals surface area contributed by atoms with E-state index in [1.165, 1.54) is 18.3 Å². The number of hydrogen-bond donors (Lipinski definition) is 3. The SMILES string of the molecule is CNc1c(C=N)cccc1-c1ccc2nc(N3CCC(N)CC3)nc(-c3ccc(C#N)c(F)c3)c2c1. The number of nitrogens with one attached hydrogen (secondary N) is 2. The van der Waals surface area contributed by atoms with E-state index in [1.54, 1.807) is 6.07 Å². The molecule has 1 fully saturated rings. The molecule has 4 aromatic rings. The Kier molecular flexibility index (Phi) is 6.32. The Morgan fingerprint density at radius 2 is 1.89 bits per heavy atom. The van der Waals surface area contributed by atoms with Gasteiger partial charge < -0.3 is 21.4 Å². The number of fused-ring (bicyclic) bond motifs is 1. The number of nitrogens with two attached hydrogens (primary N) is 1. The van der Waals surface area contributed by atoms with Crippen LogP contribution in [-0.2, 0) is 0 Å². The summed E-state index contributed by atoms with van der Waals surface area (Å²) in [6, 6.07) is 18.4. The number of piperidine rings is 1. The third kappa shape index (κ3) is 4.25. The molecule has 1 aliphatic rings.